The van der Waals surface area contributed by atoms with Crippen LogP contribution in [0.15, 0.2) is 18.2 Å². The second-order valence-electron chi connectivity index (χ2n) is 3.71. The second kappa shape index (κ2) is 5.29. The first-order valence-corrected chi connectivity index (χ1v) is 6.72. The van der Waals surface area contributed by atoms with Gasteiger partial charge in [-0.05, 0) is 25.5 Å². The fourth-order valence-corrected chi connectivity index (χ4v) is 1.53. The van der Waals surface area contributed by atoms with E-state index in [0.717, 1.165) is 17.4 Å². The van der Waals surface area contributed by atoms with Gasteiger partial charge in [0, 0.05) is 0 Å². The van der Waals surface area contributed by atoms with Gasteiger partial charge in [0.05, 0.1) is 6.26 Å². The third-order valence-corrected chi connectivity index (χ3v) is 2.49. The number of esters is 1. The normalized spacial score (nSPS) is 11.2. The van der Waals surface area contributed by atoms with Crippen LogP contribution in [-0.2, 0) is 19.1 Å². The van der Waals surface area contributed by atoms with Crippen molar-refractivity contribution in [3.63, 3.8) is 0 Å². The number of rotatable bonds is 4. The van der Waals surface area contributed by atoms with Crippen LogP contribution in [-0.4, -0.2) is 27.2 Å². The van der Waals surface area contributed by atoms with Gasteiger partial charge in [0.2, 0.25) is 0 Å². The van der Waals surface area contributed by atoms with Crippen molar-refractivity contribution in [2.45, 2.75) is 13.8 Å². The third-order valence-electron chi connectivity index (χ3n) is 1.95. The van der Waals surface area contributed by atoms with Crippen molar-refractivity contribution in [3.05, 3.63) is 29.3 Å². The van der Waals surface area contributed by atoms with Crippen molar-refractivity contribution in [1.29, 1.82) is 0 Å². The van der Waals surface area contributed by atoms with Crippen LogP contribution < -0.4 is 4.74 Å². The minimum Gasteiger partial charge on any atom is -0.425 e. The average Bonchev–Trinajstić information content (AvgIpc) is 2.18. The van der Waals surface area contributed by atoms with E-state index in [-0.39, 0.29) is 0 Å². The van der Waals surface area contributed by atoms with Gasteiger partial charge in [0.15, 0.2) is 6.61 Å². The number of carbonyl (C=O) groups excluding carboxylic acids is 1. The first-order valence-electron chi connectivity index (χ1n) is 4.90. The molecule has 1 aromatic rings. The van der Waals surface area contributed by atoms with Gasteiger partial charge < -0.3 is 4.74 Å². The molecule has 0 atom stereocenters. The van der Waals surface area contributed by atoms with E-state index in [1.807, 2.05) is 13.0 Å². The molecular weight excluding hydrogens is 244 g/mol. The highest BCUT2D eigenvalue weighted by Crippen LogP contribution is 2.18. The summed E-state index contributed by atoms with van der Waals surface area (Å²) < 4.78 is 30.6. The van der Waals surface area contributed by atoms with Crippen molar-refractivity contribution in [2.75, 3.05) is 12.9 Å². The number of hydrogen-bond donors (Lipinski definition) is 0. The van der Waals surface area contributed by atoms with Crippen LogP contribution in [0.3, 0.4) is 0 Å². The molecule has 0 aliphatic rings. The van der Waals surface area contributed by atoms with Crippen LogP contribution in [0.1, 0.15) is 11.1 Å². The molecule has 6 heteroatoms. The fourth-order valence-electron chi connectivity index (χ4n) is 1.22. The summed E-state index contributed by atoms with van der Waals surface area (Å²) in [6.45, 7) is 3.10. The van der Waals surface area contributed by atoms with E-state index in [1.165, 1.54) is 0 Å². The fraction of sp³-hybridized carbons (Fsp3) is 0.364. The molecular formula is C11H14O5S. The van der Waals surface area contributed by atoms with Crippen LogP contribution in [0.2, 0.25) is 0 Å². The van der Waals surface area contributed by atoms with E-state index in [9.17, 15) is 13.2 Å². The summed E-state index contributed by atoms with van der Waals surface area (Å²) >= 11 is 0. The lowest BCUT2D eigenvalue weighted by Crippen LogP contribution is -2.18. The topological polar surface area (TPSA) is 69.7 Å². The molecule has 0 saturated heterocycles. The Morgan fingerprint density at radius 1 is 1.29 bits per heavy atom. The molecule has 0 aliphatic heterocycles. The zero-order chi connectivity index (χ0) is 13.1. The molecule has 0 radical (unpaired) electrons. The Balaban J connectivity index is 2.62. The predicted octanol–water partition coefficient (Wildman–Crippen LogP) is 1.19. The molecule has 0 aliphatic carbocycles. The van der Waals surface area contributed by atoms with E-state index in [0.29, 0.717) is 5.75 Å². The Bertz CT molecular complexity index is 519. The number of hydrogen-bond acceptors (Lipinski definition) is 5. The summed E-state index contributed by atoms with van der Waals surface area (Å²) in [7, 11) is -3.63. The van der Waals surface area contributed by atoms with E-state index < -0.39 is 22.7 Å². The van der Waals surface area contributed by atoms with Gasteiger partial charge in [0.1, 0.15) is 5.75 Å². The zero-order valence-corrected chi connectivity index (χ0v) is 10.7. The highest BCUT2D eigenvalue weighted by molar-refractivity contribution is 7.86. The molecule has 1 rings (SSSR count). The maximum atomic E-state index is 11.3. The van der Waals surface area contributed by atoms with E-state index in [1.54, 1.807) is 19.1 Å². The smallest absolute Gasteiger partial charge is 0.339 e. The highest BCUT2D eigenvalue weighted by Gasteiger charge is 2.11. The zero-order valence-electron chi connectivity index (χ0n) is 9.89. The SMILES string of the molecule is Cc1ccc(OC(=O)COS(C)(=O)=O)c(C)c1. The number of carbonyl (C=O) groups is 1. The maximum absolute atomic E-state index is 11.3. The number of ether oxygens (including phenoxy) is 1. The molecule has 1 aromatic carbocycles. The average molecular weight is 258 g/mol. The number of aryl methyl sites for hydroxylation is 2. The molecule has 0 N–H and O–H groups in total. The Kier molecular flexibility index (Phi) is 4.25. The largest absolute Gasteiger partial charge is 0.425 e. The van der Waals surface area contributed by atoms with Gasteiger partial charge in [-0.25, -0.2) is 4.79 Å². The van der Waals surface area contributed by atoms with Crippen LogP contribution in [0.5, 0.6) is 5.75 Å². The minimum atomic E-state index is -3.63. The lowest BCUT2D eigenvalue weighted by molar-refractivity contribution is -0.136. The molecule has 0 unspecified atom stereocenters. The molecule has 17 heavy (non-hydrogen) atoms. The quantitative estimate of drug-likeness (QED) is 0.461. The van der Waals surface area contributed by atoms with Crippen molar-refractivity contribution in [2.24, 2.45) is 0 Å². The standard InChI is InChI=1S/C11H14O5S/c1-8-4-5-10(9(2)6-8)16-11(12)7-15-17(3,13)14/h4-6H,7H2,1-3H3. The molecule has 0 amide bonds. The summed E-state index contributed by atoms with van der Waals surface area (Å²) in [5.74, 6) is -0.347. The first-order chi connectivity index (χ1) is 7.78. The lowest BCUT2D eigenvalue weighted by atomic mass is 10.1. The summed E-state index contributed by atoms with van der Waals surface area (Å²) in [4.78, 5) is 11.3. The van der Waals surface area contributed by atoms with Crippen LogP contribution in [0.4, 0.5) is 0 Å². The Hall–Kier alpha value is -1.40. The lowest BCUT2D eigenvalue weighted by Gasteiger charge is -2.07. The van der Waals surface area contributed by atoms with Gasteiger partial charge in [-0.2, -0.15) is 8.42 Å². The summed E-state index contributed by atoms with van der Waals surface area (Å²) in [5, 5.41) is 0. The van der Waals surface area contributed by atoms with Crippen LogP contribution >= 0.6 is 0 Å². The predicted molar refractivity (Wildman–Crippen MR) is 62.3 cm³/mol. The van der Waals surface area contributed by atoms with Gasteiger partial charge in [-0.3, -0.25) is 4.18 Å². The molecule has 5 nitrogen and oxygen atoms in total. The Morgan fingerprint density at radius 3 is 2.47 bits per heavy atom. The van der Waals surface area contributed by atoms with Gasteiger partial charge in [-0.15, -0.1) is 0 Å². The monoisotopic (exact) mass is 258 g/mol. The molecule has 0 fully saturated rings. The van der Waals surface area contributed by atoms with Crippen molar-refractivity contribution >= 4 is 16.1 Å². The Morgan fingerprint density at radius 2 is 1.94 bits per heavy atom. The van der Waals surface area contributed by atoms with Crippen molar-refractivity contribution in [1.82, 2.24) is 0 Å². The Labute approximate surface area is 100 Å². The summed E-state index contributed by atoms with van der Waals surface area (Å²) in [6.07, 6.45) is 0.872. The highest BCUT2D eigenvalue weighted by atomic mass is 32.2. The maximum Gasteiger partial charge on any atom is 0.339 e. The second-order valence-corrected chi connectivity index (χ2v) is 5.35. The van der Waals surface area contributed by atoms with Crippen molar-refractivity contribution < 1.29 is 22.1 Å². The molecule has 0 bridgehead atoms. The molecule has 0 heterocycles. The van der Waals surface area contributed by atoms with Gasteiger partial charge in [0.25, 0.3) is 10.1 Å². The van der Waals surface area contributed by atoms with Gasteiger partial charge in [-0.1, -0.05) is 17.7 Å². The summed E-state index contributed by atoms with van der Waals surface area (Å²) in [6, 6.07) is 5.32. The summed E-state index contributed by atoms with van der Waals surface area (Å²) in [5.41, 5.74) is 1.85. The molecule has 0 aromatic heterocycles. The molecule has 0 saturated carbocycles. The van der Waals surface area contributed by atoms with Crippen molar-refractivity contribution in [3.8, 4) is 5.75 Å². The van der Waals surface area contributed by atoms with E-state index in [4.69, 9.17) is 4.74 Å². The third kappa shape index (κ3) is 4.97. The number of benzene rings is 1. The molecule has 94 valence electrons. The van der Waals surface area contributed by atoms with E-state index in [2.05, 4.69) is 4.18 Å². The van der Waals surface area contributed by atoms with Crippen LogP contribution in [0, 0.1) is 13.8 Å². The molecule has 0 spiro atoms. The first kappa shape index (κ1) is 13.7. The van der Waals surface area contributed by atoms with E-state index >= 15 is 0 Å². The minimum absolute atomic E-state index is 0.401. The van der Waals surface area contributed by atoms with Gasteiger partial charge >= 0.3 is 5.97 Å². The van der Waals surface area contributed by atoms with Crippen LogP contribution in [0.25, 0.3) is 0 Å².